The van der Waals surface area contributed by atoms with E-state index in [4.69, 9.17) is 0 Å². The summed E-state index contributed by atoms with van der Waals surface area (Å²) in [6.07, 6.45) is 7.06. The van der Waals surface area contributed by atoms with Gasteiger partial charge in [0, 0.05) is 19.1 Å². The summed E-state index contributed by atoms with van der Waals surface area (Å²) in [5.41, 5.74) is 2.87. The summed E-state index contributed by atoms with van der Waals surface area (Å²) in [4.78, 5) is 14.2. The molecule has 1 heterocycles. The molecule has 0 atom stereocenters. The smallest absolute Gasteiger partial charge is 0.315 e. The van der Waals surface area contributed by atoms with Gasteiger partial charge in [-0.2, -0.15) is 0 Å². The number of hydrogen-bond acceptors (Lipinski definition) is 2. The van der Waals surface area contributed by atoms with E-state index in [0.29, 0.717) is 12.6 Å². The maximum atomic E-state index is 11.8. The van der Waals surface area contributed by atoms with Crippen molar-refractivity contribution >= 4 is 6.03 Å². The highest BCUT2D eigenvalue weighted by atomic mass is 16.2. The quantitative estimate of drug-likeness (QED) is 0.839. The maximum absolute atomic E-state index is 11.8. The van der Waals surface area contributed by atoms with Gasteiger partial charge in [0.1, 0.15) is 0 Å². The molecule has 1 aromatic rings. The first-order chi connectivity index (χ1) is 11.8. The maximum Gasteiger partial charge on any atom is 0.315 e. The lowest BCUT2D eigenvalue weighted by Crippen LogP contribution is -2.43. The van der Waals surface area contributed by atoms with Crippen LogP contribution < -0.4 is 10.6 Å². The first-order valence-electron chi connectivity index (χ1n) is 9.10. The Morgan fingerprint density at radius 1 is 1.12 bits per heavy atom. The van der Waals surface area contributed by atoms with Gasteiger partial charge in [-0.15, -0.1) is 0 Å². The Morgan fingerprint density at radius 2 is 1.92 bits per heavy atom. The van der Waals surface area contributed by atoms with E-state index in [-0.39, 0.29) is 6.03 Å². The molecule has 128 valence electrons. The van der Waals surface area contributed by atoms with Crippen LogP contribution in [0.2, 0.25) is 0 Å². The minimum absolute atomic E-state index is 0.0805. The number of hydrogen-bond donors (Lipinski definition) is 2. The third-order valence-electron chi connectivity index (χ3n) is 4.92. The molecule has 0 aromatic heterocycles. The van der Waals surface area contributed by atoms with E-state index < -0.39 is 0 Å². The van der Waals surface area contributed by atoms with Gasteiger partial charge in [-0.1, -0.05) is 55.4 Å². The molecule has 0 unspecified atom stereocenters. The van der Waals surface area contributed by atoms with Crippen molar-refractivity contribution in [3.8, 4) is 11.8 Å². The number of amides is 2. The molecule has 1 saturated carbocycles. The van der Waals surface area contributed by atoms with Gasteiger partial charge in [-0.3, -0.25) is 4.90 Å². The van der Waals surface area contributed by atoms with Crippen LogP contribution in [-0.2, 0) is 13.0 Å². The molecule has 0 radical (unpaired) electrons. The zero-order valence-electron chi connectivity index (χ0n) is 14.3. The van der Waals surface area contributed by atoms with Gasteiger partial charge in [-0.25, -0.2) is 4.79 Å². The van der Waals surface area contributed by atoms with Crippen molar-refractivity contribution in [2.75, 3.05) is 19.6 Å². The summed E-state index contributed by atoms with van der Waals surface area (Å²) in [7, 11) is 0. The highest BCUT2D eigenvalue weighted by Crippen LogP contribution is 2.18. The van der Waals surface area contributed by atoms with Crippen LogP contribution >= 0.6 is 0 Å². The Morgan fingerprint density at radius 3 is 2.75 bits per heavy atom. The Labute approximate surface area is 145 Å². The lowest BCUT2D eigenvalue weighted by atomic mass is 9.96. The summed E-state index contributed by atoms with van der Waals surface area (Å²) in [6.45, 7) is 3.21. The third kappa shape index (κ3) is 5.01. The molecule has 1 aliphatic carbocycles. The molecule has 2 amide bonds. The van der Waals surface area contributed by atoms with Gasteiger partial charge >= 0.3 is 6.03 Å². The summed E-state index contributed by atoms with van der Waals surface area (Å²) in [5.74, 6) is 6.24. The molecule has 1 aromatic carbocycles. The Bertz CT molecular complexity index is 611. The highest BCUT2D eigenvalue weighted by Gasteiger charge is 2.15. The predicted molar refractivity (Wildman–Crippen MR) is 96.6 cm³/mol. The average Bonchev–Trinajstić information content (AvgIpc) is 2.62. The van der Waals surface area contributed by atoms with Crippen molar-refractivity contribution < 1.29 is 4.79 Å². The second kappa shape index (κ2) is 8.75. The van der Waals surface area contributed by atoms with Crippen molar-refractivity contribution in [1.29, 1.82) is 0 Å². The molecule has 1 fully saturated rings. The second-order valence-corrected chi connectivity index (χ2v) is 6.74. The summed E-state index contributed by atoms with van der Waals surface area (Å²) < 4.78 is 0. The number of nitrogens with one attached hydrogen (secondary N) is 2. The van der Waals surface area contributed by atoms with Crippen LogP contribution in [0.5, 0.6) is 0 Å². The fraction of sp³-hybridized carbons (Fsp3) is 0.550. The van der Waals surface area contributed by atoms with E-state index in [1.165, 1.54) is 30.4 Å². The fourth-order valence-electron chi connectivity index (χ4n) is 3.53. The van der Waals surface area contributed by atoms with E-state index in [0.717, 1.165) is 38.9 Å². The van der Waals surface area contributed by atoms with Gasteiger partial charge in [0.15, 0.2) is 0 Å². The Hall–Kier alpha value is -1.99. The number of nitrogens with zero attached hydrogens (tertiary/aromatic N) is 1. The first kappa shape index (κ1) is 16.9. The minimum atomic E-state index is -0.0805. The van der Waals surface area contributed by atoms with Gasteiger partial charge in [0.2, 0.25) is 0 Å². The SMILES string of the molecule is O=C(NCC#CCN1CCc2ccccc2C1)NC1CCCCC1. The molecule has 1 aliphatic heterocycles. The van der Waals surface area contributed by atoms with Gasteiger partial charge < -0.3 is 10.6 Å². The first-order valence-corrected chi connectivity index (χ1v) is 9.10. The van der Waals surface area contributed by atoms with Gasteiger partial charge in [-0.05, 0) is 30.4 Å². The predicted octanol–water partition coefficient (Wildman–Crippen LogP) is 2.68. The number of benzene rings is 1. The molecular formula is C20H27N3O. The van der Waals surface area contributed by atoms with E-state index >= 15 is 0 Å². The van der Waals surface area contributed by atoms with E-state index in [1.807, 2.05) is 0 Å². The van der Waals surface area contributed by atoms with Crippen LogP contribution in [0.25, 0.3) is 0 Å². The van der Waals surface area contributed by atoms with E-state index in [9.17, 15) is 4.79 Å². The molecule has 0 bridgehead atoms. The molecule has 24 heavy (non-hydrogen) atoms. The average molecular weight is 325 g/mol. The van der Waals surface area contributed by atoms with Crippen LogP contribution in [0.3, 0.4) is 0 Å². The highest BCUT2D eigenvalue weighted by molar-refractivity contribution is 5.74. The number of carbonyl (C=O) groups excluding carboxylic acids is 1. The zero-order valence-corrected chi connectivity index (χ0v) is 14.3. The molecule has 2 N–H and O–H groups in total. The van der Waals surface area contributed by atoms with Gasteiger partial charge in [0.25, 0.3) is 0 Å². The van der Waals surface area contributed by atoms with Crippen molar-refractivity contribution in [2.24, 2.45) is 0 Å². The van der Waals surface area contributed by atoms with Crippen molar-refractivity contribution in [1.82, 2.24) is 15.5 Å². The van der Waals surface area contributed by atoms with Crippen molar-refractivity contribution in [3.63, 3.8) is 0 Å². The normalized spacial score (nSPS) is 18.2. The molecule has 4 heteroatoms. The molecule has 0 spiro atoms. The largest absolute Gasteiger partial charge is 0.335 e. The minimum Gasteiger partial charge on any atom is -0.335 e. The second-order valence-electron chi connectivity index (χ2n) is 6.74. The number of carbonyl (C=O) groups is 1. The summed E-state index contributed by atoms with van der Waals surface area (Å²) in [6, 6.07) is 8.89. The Balaban J connectivity index is 1.34. The topological polar surface area (TPSA) is 44.4 Å². The van der Waals surface area contributed by atoms with Crippen LogP contribution in [-0.4, -0.2) is 36.6 Å². The van der Waals surface area contributed by atoms with Crippen molar-refractivity contribution in [3.05, 3.63) is 35.4 Å². The van der Waals surface area contributed by atoms with Gasteiger partial charge in [0.05, 0.1) is 13.1 Å². The molecule has 4 nitrogen and oxygen atoms in total. The molecule has 2 aliphatic rings. The van der Waals surface area contributed by atoms with Crippen LogP contribution in [0, 0.1) is 11.8 Å². The van der Waals surface area contributed by atoms with Crippen LogP contribution in [0.15, 0.2) is 24.3 Å². The lowest BCUT2D eigenvalue weighted by molar-refractivity contribution is 0.234. The standard InChI is InChI=1S/C20H27N3O/c24-20(22-19-10-2-1-3-11-19)21-13-6-7-14-23-15-12-17-8-4-5-9-18(17)16-23/h4-5,8-9,19H,1-3,10-16H2,(H2,21,22,24). The van der Waals surface area contributed by atoms with Crippen molar-refractivity contribution in [2.45, 2.75) is 51.1 Å². The zero-order chi connectivity index (χ0) is 16.6. The fourth-order valence-corrected chi connectivity index (χ4v) is 3.53. The van der Waals surface area contributed by atoms with E-state index in [2.05, 4.69) is 51.6 Å². The molecular weight excluding hydrogens is 298 g/mol. The number of rotatable bonds is 3. The summed E-state index contributed by atoms with van der Waals surface area (Å²) in [5, 5.41) is 5.88. The molecule has 3 rings (SSSR count). The lowest BCUT2D eigenvalue weighted by Gasteiger charge is -2.26. The van der Waals surface area contributed by atoms with E-state index in [1.54, 1.807) is 0 Å². The number of fused-ring (bicyclic) bond motifs is 1. The summed E-state index contributed by atoms with van der Waals surface area (Å²) >= 11 is 0. The third-order valence-corrected chi connectivity index (χ3v) is 4.92. The molecule has 0 saturated heterocycles. The Kier molecular flexibility index (Phi) is 6.14. The monoisotopic (exact) mass is 325 g/mol. The number of urea groups is 1. The van der Waals surface area contributed by atoms with Crippen LogP contribution in [0.4, 0.5) is 4.79 Å². The van der Waals surface area contributed by atoms with Crippen LogP contribution in [0.1, 0.15) is 43.2 Å².